The van der Waals surface area contributed by atoms with Crippen LogP contribution in [0.25, 0.3) is 0 Å². The van der Waals surface area contributed by atoms with Crippen molar-refractivity contribution in [2.75, 3.05) is 26.8 Å². The lowest BCUT2D eigenvalue weighted by Crippen LogP contribution is -2.43. The predicted molar refractivity (Wildman–Crippen MR) is 118 cm³/mol. The van der Waals surface area contributed by atoms with Gasteiger partial charge in [0.25, 0.3) is 0 Å². The molecular formula is C20H33FIN3O2. The van der Waals surface area contributed by atoms with Crippen molar-refractivity contribution < 1.29 is 14.2 Å². The molecule has 0 amide bonds. The van der Waals surface area contributed by atoms with Crippen LogP contribution in [-0.4, -0.2) is 37.9 Å². The third kappa shape index (κ3) is 7.54. The van der Waals surface area contributed by atoms with E-state index in [0.717, 1.165) is 37.6 Å². The zero-order valence-corrected chi connectivity index (χ0v) is 18.7. The molecule has 0 radical (unpaired) electrons. The Morgan fingerprint density at radius 2 is 2.04 bits per heavy atom. The Bertz CT molecular complexity index is 593. The van der Waals surface area contributed by atoms with E-state index in [4.69, 9.17) is 4.74 Å². The van der Waals surface area contributed by atoms with Gasteiger partial charge in [-0.15, -0.1) is 24.0 Å². The number of aliphatic imine (C=N–C) groups is 1. The molecule has 0 aromatic heterocycles. The molecule has 3 N–H and O–H groups in total. The number of halogens is 2. The van der Waals surface area contributed by atoms with Gasteiger partial charge in [-0.25, -0.2) is 9.38 Å². The van der Waals surface area contributed by atoms with Crippen LogP contribution in [0.3, 0.4) is 0 Å². The molecule has 0 atom stereocenters. The van der Waals surface area contributed by atoms with E-state index in [9.17, 15) is 9.50 Å². The highest BCUT2D eigenvalue weighted by Crippen LogP contribution is 2.40. The fourth-order valence-corrected chi connectivity index (χ4v) is 3.59. The van der Waals surface area contributed by atoms with Crippen LogP contribution in [-0.2, 0) is 17.9 Å². The summed E-state index contributed by atoms with van der Waals surface area (Å²) >= 11 is 0. The minimum absolute atomic E-state index is 0. The molecule has 2 rings (SSSR count). The van der Waals surface area contributed by atoms with E-state index in [-0.39, 0.29) is 41.8 Å². The molecule has 7 heteroatoms. The van der Waals surface area contributed by atoms with Crippen molar-refractivity contribution in [2.24, 2.45) is 10.4 Å². The maximum Gasteiger partial charge on any atom is 0.191 e. The standard InChI is InChI=1S/C20H32FN3O2.HI/c1-3-22-19(23-13-16-6-7-18(21)17(12-16)14-25)24-15-20(10-11-26-2)8-4-5-9-20;/h6-7,12,25H,3-5,8-11,13-15H2,1-2H3,(H2,22,23,24);1H. The van der Waals surface area contributed by atoms with Crippen molar-refractivity contribution in [1.29, 1.82) is 0 Å². The molecule has 1 saturated carbocycles. The first kappa shape index (κ1) is 24.1. The van der Waals surface area contributed by atoms with Crippen LogP contribution >= 0.6 is 24.0 Å². The summed E-state index contributed by atoms with van der Waals surface area (Å²) in [6.07, 6.45) is 6.06. The Hall–Kier alpha value is -0.930. The van der Waals surface area contributed by atoms with E-state index in [1.165, 1.54) is 31.7 Å². The second-order valence-electron chi connectivity index (χ2n) is 7.08. The van der Waals surface area contributed by atoms with Crippen LogP contribution in [0.1, 0.15) is 50.2 Å². The zero-order chi connectivity index (χ0) is 18.8. The van der Waals surface area contributed by atoms with Crippen molar-refractivity contribution in [2.45, 2.75) is 52.2 Å². The first-order valence-electron chi connectivity index (χ1n) is 9.52. The van der Waals surface area contributed by atoms with Gasteiger partial charge in [0.1, 0.15) is 5.82 Å². The number of hydrogen-bond acceptors (Lipinski definition) is 3. The summed E-state index contributed by atoms with van der Waals surface area (Å²) in [5.74, 6) is 0.387. The Balaban J connectivity index is 0.00000364. The summed E-state index contributed by atoms with van der Waals surface area (Å²) in [5, 5.41) is 16.0. The molecule has 0 bridgehead atoms. The Morgan fingerprint density at radius 3 is 2.67 bits per heavy atom. The zero-order valence-electron chi connectivity index (χ0n) is 16.4. The van der Waals surface area contributed by atoms with Crippen LogP contribution in [0.15, 0.2) is 23.2 Å². The SMILES string of the molecule is CCNC(=NCc1ccc(F)c(CO)c1)NCC1(CCOC)CCCC1.I. The van der Waals surface area contributed by atoms with Gasteiger partial charge in [0, 0.05) is 32.4 Å². The number of guanidine groups is 1. The Labute approximate surface area is 179 Å². The fourth-order valence-electron chi connectivity index (χ4n) is 3.59. The molecule has 1 aromatic carbocycles. The van der Waals surface area contributed by atoms with E-state index >= 15 is 0 Å². The minimum Gasteiger partial charge on any atom is -0.392 e. The van der Waals surface area contributed by atoms with E-state index in [1.807, 2.05) is 6.92 Å². The van der Waals surface area contributed by atoms with Gasteiger partial charge in [-0.2, -0.15) is 0 Å². The number of aliphatic hydroxyl groups is 1. The van der Waals surface area contributed by atoms with E-state index < -0.39 is 0 Å². The molecule has 1 aliphatic carbocycles. The van der Waals surface area contributed by atoms with Gasteiger partial charge >= 0.3 is 0 Å². The number of nitrogens with one attached hydrogen (secondary N) is 2. The average Bonchev–Trinajstić information content (AvgIpc) is 3.12. The molecule has 0 heterocycles. The van der Waals surface area contributed by atoms with E-state index in [1.54, 1.807) is 19.2 Å². The van der Waals surface area contributed by atoms with Gasteiger partial charge < -0.3 is 20.5 Å². The molecule has 1 aliphatic rings. The number of methoxy groups -OCH3 is 1. The summed E-state index contributed by atoms with van der Waals surface area (Å²) in [6, 6.07) is 4.76. The van der Waals surface area contributed by atoms with Crippen molar-refractivity contribution in [3.8, 4) is 0 Å². The second-order valence-corrected chi connectivity index (χ2v) is 7.08. The predicted octanol–water partition coefficient (Wildman–Crippen LogP) is 3.59. The normalized spacial score (nSPS) is 16.1. The fraction of sp³-hybridized carbons (Fsp3) is 0.650. The lowest BCUT2D eigenvalue weighted by Gasteiger charge is -2.30. The third-order valence-electron chi connectivity index (χ3n) is 5.18. The Morgan fingerprint density at radius 1 is 1.30 bits per heavy atom. The topological polar surface area (TPSA) is 65.9 Å². The number of aliphatic hydroxyl groups excluding tert-OH is 1. The van der Waals surface area contributed by atoms with Crippen molar-refractivity contribution >= 4 is 29.9 Å². The molecule has 0 unspecified atom stereocenters. The monoisotopic (exact) mass is 493 g/mol. The number of hydrogen-bond donors (Lipinski definition) is 3. The van der Waals surface area contributed by atoms with E-state index in [0.29, 0.717) is 12.1 Å². The highest BCUT2D eigenvalue weighted by Gasteiger charge is 2.33. The molecule has 5 nitrogen and oxygen atoms in total. The summed E-state index contributed by atoms with van der Waals surface area (Å²) in [5.41, 5.74) is 1.47. The molecule has 0 saturated heterocycles. The van der Waals surface area contributed by atoms with Crippen molar-refractivity contribution in [3.05, 3.63) is 35.1 Å². The van der Waals surface area contributed by atoms with Crippen molar-refractivity contribution in [1.82, 2.24) is 10.6 Å². The average molecular weight is 493 g/mol. The first-order valence-corrected chi connectivity index (χ1v) is 9.52. The number of ether oxygens (including phenoxy) is 1. The maximum atomic E-state index is 13.5. The largest absolute Gasteiger partial charge is 0.392 e. The summed E-state index contributed by atoms with van der Waals surface area (Å²) in [7, 11) is 1.75. The maximum absolute atomic E-state index is 13.5. The smallest absolute Gasteiger partial charge is 0.191 e. The Kier molecular flexibility index (Phi) is 11.2. The van der Waals surface area contributed by atoms with Crippen LogP contribution in [0.5, 0.6) is 0 Å². The summed E-state index contributed by atoms with van der Waals surface area (Å²) in [6.45, 7) is 4.62. The lowest BCUT2D eigenvalue weighted by molar-refractivity contribution is 0.138. The lowest BCUT2D eigenvalue weighted by atomic mass is 9.83. The van der Waals surface area contributed by atoms with Crippen LogP contribution in [0, 0.1) is 11.2 Å². The summed E-state index contributed by atoms with van der Waals surface area (Å²) < 4.78 is 18.8. The summed E-state index contributed by atoms with van der Waals surface area (Å²) in [4.78, 5) is 4.62. The number of nitrogens with zero attached hydrogens (tertiary/aromatic N) is 1. The molecular weight excluding hydrogens is 460 g/mol. The number of rotatable bonds is 9. The van der Waals surface area contributed by atoms with Gasteiger partial charge in [0.05, 0.1) is 13.2 Å². The second kappa shape index (κ2) is 12.5. The van der Waals surface area contributed by atoms with Crippen LogP contribution < -0.4 is 10.6 Å². The molecule has 1 aromatic rings. The quantitative estimate of drug-likeness (QED) is 0.280. The van der Waals surface area contributed by atoms with Gasteiger partial charge in [0.15, 0.2) is 5.96 Å². The molecule has 27 heavy (non-hydrogen) atoms. The molecule has 154 valence electrons. The van der Waals surface area contributed by atoms with Gasteiger partial charge in [-0.3, -0.25) is 0 Å². The van der Waals surface area contributed by atoms with Gasteiger partial charge in [0.2, 0.25) is 0 Å². The van der Waals surface area contributed by atoms with E-state index in [2.05, 4.69) is 15.6 Å². The molecule has 1 fully saturated rings. The van der Waals surface area contributed by atoms with Gasteiger partial charge in [-0.1, -0.05) is 18.9 Å². The van der Waals surface area contributed by atoms with Crippen molar-refractivity contribution in [3.63, 3.8) is 0 Å². The third-order valence-corrected chi connectivity index (χ3v) is 5.18. The van der Waals surface area contributed by atoms with Gasteiger partial charge in [-0.05, 0) is 49.3 Å². The van der Waals surface area contributed by atoms with Crippen LogP contribution in [0.2, 0.25) is 0 Å². The van der Waals surface area contributed by atoms with Crippen LogP contribution in [0.4, 0.5) is 4.39 Å². The molecule has 0 aliphatic heterocycles. The molecule has 0 spiro atoms. The highest BCUT2D eigenvalue weighted by atomic mass is 127. The minimum atomic E-state index is -0.383. The number of benzene rings is 1. The highest BCUT2D eigenvalue weighted by molar-refractivity contribution is 14.0. The first-order chi connectivity index (χ1) is 12.6.